The maximum atomic E-state index is 12.4. The van der Waals surface area contributed by atoms with Crippen molar-refractivity contribution in [2.24, 2.45) is 0 Å². The second-order valence-corrected chi connectivity index (χ2v) is 5.50. The van der Waals surface area contributed by atoms with Gasteiger partial charge in [0.25, 0.3) is 0 Å². The molecule has 0 aliphatic heterocycles. The average molecular weight is 244 g/mol. The van der Waals surface area contributed by atoms with E-state index in [0.29, 0.717) is 12.1 Å². The maximum Gasteiger partial charge on any atom is 0.310 e. The summed E-state index contributed by atoms with van der Waals surface area (Å²) in [5.41, 5.74) is 0.278. The Bertz CT molecular complexity index is 528. The van der Waals surface area contributed by atoms with Gasteiger partial charge in [-0.25, -0.2) is 0 Å². The molecule has 2 rings (SSSR count). The Hall–Kier alpha value is -1.31. The molecule has 0 amide bonds. The number of hydrogen-bond donors (Lipinski definition) is 1. The highest BCUT2D eigenvalue weighted by Crippen LogP contribution is 3.02. The Morgan fingerprint density at radius 1 is 1.07 bits per heavy atom. The van der Waals surface area contributed by atoms with Gasteiger partial charge < -0.3 is 0 Å². The van der Waals surface area contributed by atoms with Gasteiger partial charge in [0.05, 0.1) is 11.7 Å². The fourth-order valence-electron chi connectivity index (χ4n) is 1.16. The number of benzene rings is 1. The quantitative estimate of drug-likeness (QED) is 0.747. The van der Waals surface area contributed by atoms with Crippen molar-refractivity contribution in [1.82, 2.24) is 10.2 Å². The summed E-state index contributed by atoms with van der Waals surface area (Å²) in [5.74, 6) is 0. The van der Waals surface area contributed by atoms with Crippen LogP contribution in [0.25, 0.3) is 10.9 Å². The number of nitrogens with zero attached hydrogens (tertiary/aromatic N) is 1. The van der Waals surface area contributed by atoms with Crippen molar-refractivity contribution in [1.29, 1.82) is 0 Å². The van der Waals surface area contributed by atoms with Gasteiger partial charge in [-0.2, -0.15) is 5.10 Å². The first-order chi connectivity index (χ1) is 6.56. The SMILES string of the molecule is FS(F)(F)(F)(F)c1ccc2[nH]ncc2c1. The molecule has 15 heavy (non-hydrogen) atoms. The van der Waals surface area contributed by atoms with Crippen molar-refractivity contribution < 1.29 is 19.4 Å². The van der Waals surface area contributed by atoms with E-state index in [1.807, 2.05) is 0 Å². The minimum atomic E-state index is -9.57. The van der Waals surface area contributed by atoms with E-state index in [0.717, 1.165) is 12.3 Å². The molecule has 1 aromatic carbocycles. The monoisotopic (exact) mass is 244 g/mol. The maximum absolute atomic E-state index is 12.4. The summed E-state index contributed by atoms with van der Waals surface area (Å²) in [6, 6.07) is 1.66. The van der Waals surface area contributed by atoms with Crippen LogP contribution in [0.3, 0.4) is 0 Å². The van der Waals surface area contributed by atoms with E-state index < -0.39 is 15.1 Å². The largest absolute Gasteiger partial charge is 0.310 e. The lowest BCUT2D eigenvalue weighted by Gasteiger charge is -2.40. The molecule has 0 aliphatic carbocycles. The number of rotatable bonds is 1. The van der Waals surface area contributed by atoms with Crippen molar-refractivity contribution in [3.8, 4) is 0 Å². The van der Waals surface area contributed by atoms with Crippen LogP contribution < -0.4 is 0 Å². The van der Waals surface area contributed by atoms with E-state index in [1.54, 1.807) is 0 Å². The van der Waals surface area contributed by atoms with Gasteiger partial charge in [0.2, 0.25) is 0 Å². The van der Waals surface area contributed by atoms with Gasteiger partial charge in [-0.15, -0.1) is 0 Å². The summed E-state index contributed by atoms with van der Waals surface area (Å²) in [5, 5.41) is 5.82. The molecule has 0 saturated heterocycles. The Morgan fingerprint density at radius 3 is 2.33 bits per heavy atom. The highest BCUT2D eigenvalue weighted by atomic mass is 32.5. The van der Waals surface area contributed by atoms with Gasteiger partial charge in [0.15, 0.2) is 0 Å². The Labute approximate surface area is 80.8 Å². The standard InChI is InChI=1S/C7H5F5N2S/c8-15(9,10,11,12)6-1-2-7-5(3-6)4-13-14-7/h1-4H,(H,13,14). The number of aromatic amines is 1. The molecule has 84 valence electrons. The van der Waals surface area contributed by atoms with E-state index in [2.05, 4.69) is 10.2 Å². The fourth-order valence-corrected chi connectivity index (χ4v) is 1.84. The van der Waals surface area contributed by atoms with Crippen LogP contribution in [0.4, 0.5) is 19.4 Å². The van der Waals surface area contributed by atoms with Crippen LogP contribution in [-0.4, -0.2) is 10.2 Å². The second-order valence-electron chi connectivity index (χ2n) is 3.09. The van der Waals surface area contributed by atoms with Crippen molar-refractivity contribution >= 4 is 21.1 Å². The third-order valence-corrected chi connectivity index (χ3v) is 3.00. The van der Waals surface area contributed by atoms with Gasteiger partial charge in [0.1, 0.15) is 4.90 Å². The molecule has 2 nitrogen and oxygen atoms in total. The van der Waals surface area contributed by atoms with E-state index in [9.17, 15) is 19.4 Å². The van der Waals surface area contributed by atoms with Gasteiger partial charge in [0, 0.05) is 5.39 Å². The van der Waals surface area contributed by atoms with Gasteiger partial charge in [-0.1, -0.05) is 19.4 Å². The van der Waals surface area contributed by atoms with Crippen LogP contribution in [0.1, 0.15) is 0 Å². The third-order valence-electron chi connectivity index (χ3n) is 1.86. The second kappa shape index (κ2) is 2.11. The average Bonchev–Trinajstić information content (AvgIpc) is 2.45. The molecule has 0 atom stereocenters. The number of hydrogen-bond acceptors (Lipinski definition) is 1. The zero-order valence-corrected chi connectivity index (χ0v) is 7.87. The molecule has 0 spiro atoms. The minimum absolute atomic E-state index is 0.000694. The summed E-state index contributed by atoms with van der Waals surface area (Å²) in [6.07, 6.45) is 1.06. The number of H-pyrrole nitrogens is 1. The number of fused-ring (bicyclic) bond motifs is 1. The summed E-state index contributed by atoms with van der Waals surface area (Å²) in [7, 11) is -9.57. The van der Waals surface area contributed by atoms with E-state index in [4.69, 9.17) is 0 Å². The molecule has 0 unspecified atom stereocenters. The first-order valence-corrected chi connectivity index (χ1v) is 5.69. The Balaban J connectivity index is 2.74. The number of halogens is 5. The van der Waals surface area contributed by atoms with Crippen molar-refractivity contribution in [2.45, 2.75) is 4.90 Å². The lowest BCUT2D eigenvalue weighted by atomic mass is 10.3. The molecule has 1 heterocycles. The zero-order valence-electron chi connectivity index (χ0n) is 7.05. The molecular formula is C7H5F5N2S. The molecule has 0 saturated carbocycles. The predicted molar refractivity (Wildman–Crippen MR) is 47.5 cm³/mol. The summed E-state index contributed by atoms with van der Waals surface area (Å²) in [4.78, 5) is -1.90. The van der Waals surface area contributed by atoms with Crippen LogP contribution in [0, 0.1) is 0 Å². The summed E-state index contributed by atoms with van der Waals surface area (Å²) in [6.45, 7) is 0. The first-order valence-electron chi connectivity index (χ1n) is 3.73. The van der Waals surface area contributed by atoms with Gasteiger partial charge in [-0.3, -0.25) is 5.10 Å². The summed E-state index contributed by atoms with van der Waals surface area (Å²) < 4.78 is 61.8. The minimum Gasteiger partial charge on any atom is -0.278 e. The van der Waals surface area contributed by atoms with Crippen molar-refractivity contribution in [3.63, 3.8) is 0 Å². The van der Waals surface area contributed by atoms with Crippen LogP contribution in [0.2, 0.25) is 0 Å². The Kier molecular flexibility index (Phi) is 1.43. The molecule has 0 fully saturated rings. The topological polar surface area (TPSA) is 28.7 Å². The predicted octanol–water partition coefficient (Wildman–Crippen LogP) is 4.22. The molecule has 1 N–H and O–H groups in total. The van der Waals surface area contributed by atoms with Gasteiger partial charge >= 0.3 is 10.2 Å². The molecule has 0 radical (unpaired) electrons. The molecule has 1 aromatic heterocycles. The molecule has 2 aromatic rings. The zero-order chi connectivity index (χ0) is 11.4. The normalized spacial score (nSPS) is 17.4. The van der Waals surface area contributed by atoms with Crippen LogP contribution in [-0.2, 0) is 0 Å². The molecule has 0 aliphatic rings. The van der Waals surface area contributed by atoms with Crippen LogP contribution >= 0.6 is 10.2 Å². The molecule has 8 heteroatoms. The number of nitrogens with one attached hydrogen (secondary N) is 1. The molecule has 0 bridgehead atoms. The molecular weight excluding hydrogens is 239 g/mol. The lowest BCUT2D eigenvalue weighted by molar-refractivity contribution is 0.364. The fraction of sp³-hybridized carbons (Fsp3) is 0. The van der Waals surface area contributed by atoms with Gasteiger partial charge in [-0.05, 0) is 18.2 Å². The highest BCUT2D eigenvalue weighted by Gasteiger charge is 2.65. The van der Waals surface area contributed by atoms with Crippen molar-refractivity contribution in [2.75, 3.05) is 0 Å². The lowest BCUT2D eigenvalue weighted by Crippen LogP contribution is -2.05. The van der Waals surface area contributed by atoms with Crippen LogP contribution in [0.15, 0.2) is 29.3 Å². The van der Waals surface area contributed by atoms with Crippen LogP contribution in [0.5, 0.6) is 0 Å². The third kappa shape index (κ3) is 1.89. The van der Waals surface area contributed by atoms with Crippen molar-refractivity contribution in [3.05, 3.63) is 24.4 Å². The highest BCUT2D eigenvalue weighted by molar-refractivity contribution is 8.45. The smallest absolute Gasteiger partial charge is 0.278 e. The van der Waals surface area contributed by atoms with E-state index >= 15 is 0 Å². The first kappa shape index (κ1) is 10.2. The Morgan fingerprint density at radius 2 is 1.73 bits per heavy atom. The van der Waals surface area contributed by atoms with E-state index in [-0.39, 0.29) is 10.9 Å². The summed E-state index contributed by atoms with van der Waals surface area (Å²) >= 11 is 0. The number of aromatic nitrogens is 2. The van der Waals surface area contributed by atoms with E-state index in [1.165, 1.54) is 0 Å².